The summed E-state index contributed by atoms with van der Waals surface area (Å²) in [6.45, 7) is 0.413. The lowest BCUT2D eigenvalue weighted by Gasteiger charge is -2.28. The molecule has 0 N–H and O–H groups in total. The normalized spacial score (nSPS) is 19.6. The van der Waals surface area contributed by atoms with Gasteiger partial charge in [-0.15, -0.1) is 11.3 Å². The molecule has 4 nitrogen and oxygen atoms in total. The van der Waals surface area contributed by atoms with Crippen molar-refractivity contribution in [2.75, 3.05) is 11.5 Å². The summed E-state index contributed by atoms with van der Waals surface area (Å²) >= 11 is 4.81. The molecule has 3 rings (SSSR count). The lowest BCUT2D eigenvalue weighted by Crippen LogP contribution is -2.40. The number of benzene rings is 1. The van der Waals surface area contributed by atoms with Crippen LogP contribution in [-0.4, -0.2) is 36.8 Å². The van der Waals surface area contributed by atoms with E-state index in [4.69, 9.17) is 0 Å². The Balaban J connectivity index is 1.88. The van der Waals surface area contributed by atoms with E-state index in [1.54, 1.807) is 11.0 Å². The molecule has 1 unspecified atom stereocenters. The summed E-state index contributed by atoms with van der Waals surface area (Å²) in [5.41, 5.74) is 0.980. The monoisotopic (exact) mass is 413 g/mol. The lowest BCUT2D eigenvalue weighted by atomic mass is 10.1. The molecule has 0 aliphatic carbocycles. The zero-order valence-electron chi connectivity index (χ0n) is 12.3. The maximum absolute atomic E-state index is 12.8. The number of hydrogen-bond donors (Lipinski definition) is 0. The van der Waals surface area contributed by atoms with Crippen LogP contribution in [0.15, 0.2) is 46.3 Å². The summed E-state index contributed by atoms with van der Waals surface area (Å²) in [6.07, 6.45) is 0.507. The van der Waals surface area contributed by atoms with Crippen LogP contribution in [0.3, 0.4) is 0 Å². The summed E-state index contributed by atoms with van der Waals surface area (Å²) in [7, 11) is -3.04. The standard InChI is InChI=1S/C16H16BrNO3S2/c17-13-4-1-3-12(9-13)10-18(14-6-8-23(20,21)11-14)16(19)15-5-2-7-22-15/h1-5,7,9,14H,6,8,10-11H2. The maximum Gasteiger partial charge on any atom is 0.264 e. The second-order valence-corrected chi connectivity index (χ2v) is 9.69. The van der Waals surface area contributed by atoms with Crippen LogP contribution in [0.1, 0.15) is 21.7 Å². The van der Waals surface area contributed by atoms with Crippen LogP contribution in [0.25, 0.3) is 0 Å². The van der Waals surface area contributed by atoms with Crippen LogP contribution < -0.4 is 0 Å². The Bertz CT molecular complexity index is 802. The van der Waals surface area contributed by atoms with Crippen LogP contribution in [0.2, 0.25) is 0 Å². The zero-order chi connectivity index (χ0) is 16.4. The highest BCUT2D eigenvalue weighted by molar-refractivity contribution is 9.10. The molecule has 1 amide bonds. The molecule has 2 aromatic rings. The number of rotatable bonds is 4. The van der Waals surface area contributed by atoms with E-state index in [9.17, 15) is 13.2 Å². The molecule has 2 heterocycles. The highest BCUT2D eigenvalue weighted by atomic mass is 79.9. The molecule has 0 radical (unpaired) electrons. The molecule has 23 heavy (non-hydrogen) atoms. The van der Waals surface area contributed by atoms with E-state index in [1.165, 1.54) is 11.3 Å². The maximum atomic E-state index is 12.8. The largest absolute Gasteiger partial charge is 0.330 e. The first-order chi connectivity index (χ1) is 10.9. The van der Waals surface area contributed by atoms with Gasteiger partial charge in [-0.1, -0.05) is 34.1 Å². The average molecular weight is 414 g/mol. The summed E-state index contributed by atoms with van der Waals surface area (Å²) in [5, 5.41) is 1.86. The third-order valence-corrected chi connectivity index (χ3v) is 6.99. The van der Waals surface area contributed by atoms with Crippen molar-refractivity contribution in [3.63, 3.8) is 0 Å². The van der Waals surface area contributed by atoms with Gasteiger partial charge in [0.25, 0.3) is 5.91 Å². The van der Waals surface area contributed by atoms with E-state index < -0.39 is 9.84 Å². The minimum absolute atomic E-state index is 0.0537. The van der Waals surface area contributed by atoms with Crippen molar-refractivity contribution in [1.82, 2.24) is 4.90 Å². The van der Waals surface area contributed by atoms with Gasteiger partial charge in [-0.2, -0.15) is 0 Å². The first kappa shape index (κ1) is 16.7. The Kier molecular flexibility index (Phi) is 4.89. The van der Waals surface area contributed by atoms with Crippen molar-refractivity contribution in [2.45, 2.75) is 19.0 Å². The third kappa shape index (κ3) is 4.02. The molecule has 1 aromatic carbocycles. The molecule has 0 spiro atoms. The highest BCUT2D eigenvalue weighted by Crippen LogP contribution is 2.24. The van der Waals surface area contributed by atoms with E-state index in [2.05, 4.69) is 15.9 Å². The van der Waals surface area contributed by atoms with E-state index in [0.29, 0.717) is 17.8 Å². The highest BCUT2D eigenvalue weighted by Gasteiger charge is 2.35. The van der Waals surface area contributed by atoms with Gasteiger partial charge in [0, 0.05) is 17.1 Å². The van der Waals surface area contributed by atoms with Gasteiger partial charge in [0.1, 0.15) is 0 Å². The van der Waals surface area contributed by atoms with E-state index in [1.807, 2.05) is 35.7 Å². The molecule has 0 bridgehead atoms. The van der Waals surface area contributed by atoms with Gasteiger partial charge >= 0.3 is 0 Å². The summed E-state index contributed by atoms with van der Waals surface area (Å²) < 4.78 is 24.6. The van der Waals surface area contributed by atoms with Crippen LogP contribution in [0, 0.1) is 0 Å². The summed E-state index contributed by atoms with van der Waals surface area (Å²) in [6, 6.07) is 11.1. The van der Waals surface area contributed by atoms with E-state index in [-0.39, 0.29) is 23.5 Å². The Morgan fingerprint density at radius 1 is 1.30 bits per heavy atom. The SMILES string of the molecule is O=C(c1cccs1)N(Cc1cccc(Br)c1)C1CCS(=O)(=O)C1. The number of thiophene rings is 1. The van der Waals surface area contributed by atoms with Crippen molar-refractivity contribution in [3.8, 4) is 0 Å². The molecule has 0 saturated carbocycles. The van der Waals surface area contributed by atoms with E-state index >= 15 is 0 Å². The Morgan fingerprint density at radius 3 is 2.74 bits per heavy atom. The quantitative estimate of drug-likeness (QED) is 0.771. The van der Waals surface area contributed by atoms with Gasteiger partial charge in [0.05, 0.1) is 16.4 Å². The molecule has 1 saturated heterocycles. The molecule has 7 heteroatoms. The van der Waals surface area contributed by atoms with Gasteiger partial charge in [0.15, 0.2) is 9.84 Å². The fourth-order valence-corrected chi connectivity index (χ4v) is 5.62. The average Bonchev–Trinajstić information content (AvgIpc) is 3.13. The summed E-state index contributed by atoms with van der Waals surface area (Å²) in [4.78, 5) is 15.2. The molecule has 122 valence electrons. The predicted octanol–water partition coefficient (Wildman–Crippen LogP) is 3.34. The van der Waals surface area contributed by atoms with Gasteiger partial charge in [0.2, 0.25) is 0 Å². The fourth-order valence-electron chi connectivity index (χ4n) is 2.76. The molecule has 1 aliphatic heterocycles. The molecule has 1 fully saturated rings. The molecular formula is C16H16BrNO3S2. The lowest BCUT2D eigenvalue weighted by molar-refractivity contribution is 0.0686. The number of halogens is 1. The van der Waals surface area contributed by atoms with Crippen molar-refractivity contribution >= 4 is 43.0 Å². The minimum Gasteiger partial charge on any atom is -0.330 e. The van der Waals surface area contributed by atoms with Crippen molar-refractivity contribution in [2.24, 2.45) is 0 Å². The molecule has 1 aliphatic rings. The molecular weight excluding hydrogens is 398 g/mol. The van der Waals surface area contributed by atoms with Crippen LogP contribution in [-0.2, 0) is 16.4 Å². The summed E-state index contributed by atoms with van der Waals surface area (Å²) in [5.74, 6) is 0.116. The van der Waals surface area contributed by atoms with E-state index in [0.717, 1.165) is 10.0 Å². The van der Waals surface area contributed by atoms with Gasteiger partial charge in [-0.3, -0.25) is 4.79 Å². The van der Waals surface area contributed by atoms with Crippen LogP contribution in [0.5, 0.6) is 0 Å². The predicted molar refractivity (Wildman–Crippen MR) is 95.4 cm³/mol. The minimum atomic E-state index is -3.04. The number of sulfone groups is 1. The molecule has 1 atom stereocenters. The van der Waals surface area contributed by atoms with Gasteiger partial charge in [-0.05, 0) is 35.6 Å². The Hall–Kier alpha value is -1.18. The van der Waals surface area contributed by atoms with Gasteiger partial charge < -0.3 is 4.90 Å². The Morgan fingerprint density at radius 2 is 2.13 bits per heavy atom. The topological polar surface area (TPSA) is 54.5 Å². The number of carbonyl (C=O) groups is 1. The number of amides is 1. The van der Waals surface area contributed by atoms with Crippen molar-refractivity contribution < 1.29 is 13.2 Å². The molecule has 1 aromatic heterocycles. The second-order valence-electron chi connectivity index (χ2n) is 5.60. The van der Waals surface area contributed by atoms with Gasteiger partial charge in [-0.25, -0.2) is 8.42 Å². The van der Waals surface area contributed by atoms with Crippen molar-refractivity contribution in [1.29, 1.82) is 0 Å². The van der Waals surface area contributed by atoms with Crippen LogP contribution >= 0.6 is 27.3 Å². The Labute approximate surface area is 148 Å². The first-order valence-electron chi connectivity index (χ1n) is 7.24. The number of hydrogen-bond acceptors (Lipinski definition) is 4. The fraction of sp³-hybridized carbons (Fsp3) is 0.312. The smallest absolute Gasteiger partial charge is 0.264 e. The third-order valence-electron chi connectivity index (χ3n) is 3.88. The first-order valence-corrected chi connectivity index (χ1v) is 10.7. The number of nitrogens with zero attached hydrogens (tertiary/aromatic N) is 1. The second kappa shape index (κ2) is 6.75. The zero-order valence-corrected chi connectivity index (χ0v) is 15.5. The van der Waals surface area contributed by atoms with Crippen LogP contribution in [0.4, 0.5) is 0 Å². The van der Waals surface area contributed by atoms with Crippen molar-refractivity contribution in [3.05, 3.63) is 56.7 Å². The number of carbonyl (C=O) groups excluding carboxylic acids is 1.